The quantitative estimate of drug-likeness (QED) is 0.523. The molecule has 88 valence electrons. The highest BCUT2D eigenvalue weighted by Crippen LogP contribution is 2.29. The second kappa shape index (κ2) is 6.23. The van der Waals surface area contributed by atoms with Crippen LogP contribution >= 0.6 is 35.0 Å². The summed E-state index contributed by atoms with van der Waals surface area (Å²) in [4.78, 5) is 11.6. The van der Waals surface area contributed by atoms with E-state index in [1.165, 1.54) is 12.1 Å². The van der Waals surface area contributed by atoms with Crippen molar-refractivity contribution in [2.24, 2.45) is 0 Å². The number of esters is 1. The SMILES string of the molecule is CSCCOC(=O)c1cc(N)cc(Cl)c1Cl. The van der Waals surface area contributed by atoms with Crippen LogP contribution in [0.1, 0.15) is 10.4 Å². The third-order valence-corrected chi connectivity index (χ3v) is 3.17. The van der Waals surface area contributed by atoms with Crippen molar-refractivity contribution < 1.29 is 9.53 Å². The van der Waals surface area contributed by atoms with Crippen LogP contribution in [0.15, 0.2) is 12.1 Å². The zero-order valence-corrected chi connectivity index (χ0v) is 11.0. The lowest BCUT2D eigenvalue weighted by Crippen LogP contribution is -2.09. The van der Waals surface area contributed by atoms with Crippen LogP contribution in [0.3, 0.4) is 0 Å². The molecule has 0 aliphatic carbocycles. The van der Waals surface area contributed by atoms with Gasteiger partial charge in [0.15, 0.2) is 0 Å². The first-order valence-electron chi connectivity index (χ1n) is 4.47. The van der Waals surface area contributed by atoms with Crippen molar-refractivity contribution in [3.8, 4) is 0 Å². The van der Waals surface area contributed by atoms with Crippen LogP contribution in [0.2, 0.25) is 10.0 Å². The molecule has 0 unspecified atom stereocenters. The fraction of sp³-hybridized carbons (Fsp3) is 0.300. The number of nitrogen functional groups attached to an aromatic ring is 1. The first-order chi connectivity index (χ1) is 7.56. The van der Waals surface area contributed by atoms with Crippen LogP contribution in [0.25, 0.3) is 0 Å². The van der Waals surface area contributed by atoms with Gasteiger partial charge >= 0.3 is 5.97 Å². The molecule has 0 aromatic heterocycles. The van der Waals surface area contributed by atoms with Gasteiger partial charge in [-0.25, -0.2) is 4.79 Å². The Balaban J connectivity index is 2.82. The largest absolute Gasteiger partial charge is 0.461 e. The van der Waals surface area contributed by atoms with Crippen molar-refractivity contribution in [3.63, 3.8) is 0 Å². The molecule has 0 atom stereocenters. The van der Waals surface area contributed by atoms with Crippen molar-refractivity contribution in [1.29, 1.82) is 0 Å². The highest BCUT2D eigenvalue weighted by molar-refractivity contribution is 7.98. The van der Waals surface area contributed by atoms with E-state index in [1.54, 1.807) is 11.8 Å². The third-order valence-electron chi connectivity index (χ3n) is 1.79. The summed E-state index contributed by atoms with van der Waals surface area (Å²) >= 11 is 13.3. The van der Waals surface area contributed by atoms with E-state index >= 15 is 0 Å². The van der Waals surface area contributed by atoms with E-state index in [0.717, 1.165) is 5.75 Å². The molecule has 0 saturated carbocycles. The smallest absolute Gasteiger partial charge is 0.339 e. The molecule has 0 heterocycles. The monoisotopic (exact) mass is 279 g/mol. The summed E-state index contributed by atoms with van der Waals surface area (Å²) in [5.41, 5.74) is 6.15. The van der Waals surface area contributed by atoms with Gasteiger partial charge in [0.2, 0.25) is 0 Å². The molecular formula is C10H11Cl2NO2S. The summed E-state index contributed by atoms with van der Waals surface area (Å²) in [6.45, 7) is 0.336. The van der Waals surface area contributed by atoms with E-state index in [-0.39, 0.29) is 15.6 Å². The van der Waals surface area contributed by atoms with E-state index in [1.807, 2.05) is 6.26 Å². The fourth-order valence-corrected chi connectivity index (χ4v) is 1.72. The second-order valence-electron chi connectivity index (χ2n) is 2.99. The van der Waals surface area contributed by atoms with Crippen LogP contribution in [0.4, 0.5) is 5.69 Å². The number of rotatable bonds is 4. The molecule has 1 aromatic rings. The van der Waals surface area contributed by atoms with Crippen molar-refractivity contribution >= 4 is 46.6 Å². The molecule has 0 spiro atoms. The molecule has 0 bridgehead atoms. The normalized spacial score (nSPS) is 10.2. The standard InChI is InChI=1S/C10H11Cl2NO2S/c1-16-3-2-15-10(14)7-4-6(13)5-8(11)9(7)12/h4-5H,2-3,13H2,1H3. The highest BCUT2D eigenvalue weighted by atomic mass is 35.5. The van der Waals surface area contributed by atoms with Gasteiger partial charge in [-0.15, -0.1) is 0 Å². The minimum absolute atomic E-state index is 0.171. The van der Waals surface area contributed by atoms with Gasteiger partial charge in [-0.1, -0.05) is 23.2 Å². The van der Waals surface area contributed by atoms with Gasteiger partial charge in [0.05, 0.1) is 15.6 Å². The predicted molar refractivity (Wildman–Crippen MR) is 69.5 cm³/mol. The van der Waals surface area contributed by atoms with Crippen LogP contribution in [0.5, 0.6) is 0 Å². The molecule has 0 fully saturated rings. The Bertz CT molecular complexity index is 399. The van der Waals surface area contributed by atoms with Crippen LogP contribution in [-0.4, -0.2) is 24.6 Å². The molecule has 6 heteroatoms. The maximum Gasteiger partial charge on any atom is 0.339 e. The molecule has 2 N–H and O–H groups in total. The van der Waals surface area contributed by atoms with Gasteiger partial charge in [0, 0.05) is 11.4 Å². The highest BCUT2D eigenvalue weighted by Gasteiger charge is 2.15. The first-order valence-corrected chi connectivity index (χ1v) is 6.61. The average molecular weight is 280 g/mol. The van der Waals surface area contributed by atoms with Gasteiger partial charge in [-0.3, -0.25) is 0 Å². The van der Waals surface area contributed by atoms with Crippen molar-refractivity contribution in [2.75, 3.05) is 24.3 Å². The number of hydrogen-bond acceptors (Lipinski definition) is 4. The summed E-state index contributed by atoms with van der Waals surface area (Å²) in [6.07, 6.45) is 1.93. The number of carbonyl (C=O) groups is 1. The van der Waals surface area contributed by atoms with E-state index in [4.69, 9.17) is 33.7 Å². The first kappa shape index (κ1) is 13.5. The summed E-state index contributed by atoms with van der Waals surface area (Å²) < 4.78 is 5.00. The van der Waals surface area contributed by atoms with Gasteiger partial charge in [-0.05, 0) is 18.4 Å². The molecular weight excluding hydrogens is 269 g/mol. The zero-order chi connectivity index (χ0) is 12.1. The molecule has 0 aliphatic heterocycles. The molecule has 3 nitrogen and oxygen atoms in total. The Kier molecular flexibility index (Phi) is 5.25. The number of anilines is 1. The lowest BCUT2D eigenvalue weighted by atomic mass is 10.2. The maximum atomic E-state index is 11.6. The van der Waals surface area contributed by atoms with Crippen LogP contribution < -0.4 is 5.73 Å². The fourth-order valence-electron chi connectivity index (χ4n) is 1.05. The van der Waals surface area contributed by atoms with Gasteiger partial charge in [-0.2, -0.15) is 11.8 Å². The van der Waals surface area contributed by atoms with E-state index < -0.39 is 5.97 Å². The molecule has 1 aromatic carbocycles. The lowest BCUT2D eigenvalue weighted by molar-refractivity contribution is 0.0530. The van der Waals surface area contributed by atoms with Gasteiger partial charge in [0.25, 0.3) is 0 Å². The summed E-state index contributed by atoms with van der Waals surface area (Å²) in [7, 11) is 0. The molecule has 16 heavy (non-hydrogen) atoms. The Morgan fingerprint density at radius 2 is 2.19 bits per heavy atom. The Labute approximate surface area is 108 Å². The van der Waals surface area contributed by atoms with Crippen molar-refractivity contribution in [2.45, 2.75) is 0 Å². The topological polar surface area (TPSA) is 52.3 Å². The van der Waals surface area contributed by atoms with E-state index in [9.17, 15) is 4.79 Å². The second-order valence-corrected chi connectivity index (χ2v) is 4.76. The lowest BCUT2D eigenvalue weighted by Gasteiger charge is -2.07. The van der Waals surface area contributed by atoms with E-state index in [2.05, 4.69) is 0 Å². The minimum Gasteiger partial charge on any atom is -0.461 e. The van der Waals surface area contributed by atoms with Crippen LogP contribution in [-0.2, 0) is 4.74 Å². The van der Waals surface area contributed by atoms with Gasteiger partial charge < -0.3 is 10.5 Å². The number of hydrogen-bond donors (Lipinski definition) is 1. The molecule has 0 radical (unpaired) electrons. The molecule has 0 aliphatic rings. The summed E-state index contributed by atoms with van der Waals surface area (Å²) in [6, 6.07) is 2.94. The van der Waals surface area contributed by atoms with E-state index in [0.29, 0.717) is 12.3 Å². The Hall–Kier alpha value is -0.580. The maximum absolute atomic E-state index is 11.6. The zero-order valence-electron chi connectivity index (χ0n) is 8.63. The summed E-state index contributed by atoms with van der Waals surface area (Å²) in [5, 5.41) is 0.420. The number of thioether (sulfide) groups is 1. The van der Waals surface area contributed by atoms with Gasteiger partial charge in [0.1, 0.15) is 6.61 Å². The number of ether oxygens (including phenoxy) is 1. The van der Waals surface area contributed by atoms with Crippen molar-refractivity contribution in [1.82, 2.24) is 0 Å². The van der Waals surface area contributed by atoms with Crippen molar-refractivity contribution in [3.05, 3.63) is 27.7 Å². The molecule has 0 saturated heterocycles. The number of nitrogens with two attached hydrogens (primary N) is 1. The predicted octanol–water partition coefficient (Wildman–Crippen LogP) is 3.10. The molecule has 0 amide bonds. The Morgan fingerprint density at radius 3 is 2.81 bits per heavy atom. The Morgan fingerprint density at radius 1 is 1.50 bits per heavy atom. The number of halogens is 2. The minimum atomic E-state index is -0.506. The summed E-state index contributed by atoms with van der Waals surface area (Å²) in [5.74, 6) is 0.229. The van der Waals surface area contributed by atoms with Crippen LogP contribution in [0, 0.1) is 0 Å². The average Bonchev–Trinajstić information content (AvgIpc) is 2.23. The molecule has 1 rings (SSSR count). The number of benzene rings is 1. The number of carbonyl (C=O) groups excluding carboxylic acids is 1. The third kappa shape index (κ3) is 3.47.